The van der Waals surface area contributed by atoms with Crippen LogP contribution in [0.1, 0.15) is 25.0 Å². The van der Waals surface area contributed by atoms with Crippen molar-refractivity contribution in [1.29, 1.82) is 0 Å². The molecule has 1 aromatic heterocycles. The molecule has 0 radical (unpaired) electrons. The molecule has 0 spiro atoms. The predicted octanol–water partition coefficient (Wildman–Crippen LogP) is 2.57. The van der Waals surface area contributed by atoms with Crippen LogP contribution in [0.15, 0.2) is 24.5 Å². The highest BCUT2D eigenvalue weighted by atomic mass is 17.2. The molecule has 1 heterocycles. The van der Waals surface area contributed by atoms with E-state index in [1.54, 1.807) is 12.4 Å². The van der Waals surface area contributed by atoms with Gasteiger partial charge in [-0.2, -0.15) is 10.2 Å². The van der Waals surface area contributed by atoms with Gasteiger partial charge in [-0.3, -0.25) is 0 Å². The van der Waals surface area contributed by atoms with E-state index in [1.165, 1.54) is 0 Å². The number of fused-ring (bicyclic) bond motifs is 1. The van der Waals surface area contributed by atoms with E-state index < -0.39 is 0 Å². The zero-order chi connectivity index (χ0) is 14.2. The predicted molar refractivity (Wildman–Crippen MR) is 72.4 cm³/mol. The van der Waals surface area contributed by atoms with Crippen molar-refractivity contribution in [1.82, 2.24) is 10.2 Å². The van der Waals surface area contributed by atoms with Crippen molar-refractivity contribution in [3.8, 4) is 0 Å². The minimum Gasteiger partial charge on any atom is -0.237 e. The van der Waals surface area contributed by atoms with Crippen LogP contribution in [0.2, 0.25) is 0 Å². The van der Waals surface area contributed by atoms with Crippen LogP contribution in [0.25, 0.3) is 10.8 Å². The summed E-state index contributed by atoms with van der Waals surface area (Å²) < 4.78 is 0. The highest BCUT2D eigenvalue weighted by Crippen LogP contribution is 2.20. The average Bonchev–Trinajstić information content (AvgIpc) is 2.48. The first-order valence-corrected chi connectivity index (χ1v) is 6.56. The number of rotatable bonds is 8. The molecule has 6 nitrogen and oxygen atoms in total. The molecule has 6 heteroatoms. The van der Waals surface area contributed by atoms with Gasteiger partial charge in [0.15, 0.2) is 0 Å². The minimum atomic E-state index is 0.344. The molecule has 2 rings (SSSR count). The van der Waals surface area contributed by atoms with Gasteiger partial charge in [0, 0.05) is 10.8 Å². The molecule has 108 valence electrons. The lowest BCUT2D eigenvalue weighted by Crippen LogP contribution is -2.02. The Hall–Kier alpha value is -1.60. The van der Waals surface area contributed by atoms with Crippen LogP contribution in [-0.4, -0.2) is 23.4 Å². The largest absolute Gasteiger partial charge is 0.237 e. The van der Waals surface area contributed by atoms with Gasteiger partial charge in [-0.15, -0.1) is 0 Å². The van der Waals surface area contributed by atoms with Gasteiger partial charge in [-0.1, -0.05) is 0 Å². The highest BCUT2D eigenvalue weighted by molar-refractivity contribution is 5.82. The summed E-state index contributed by atoms with van der Waals surface area (Å²) in [5.74, 6) is 0. The standard InChI is InChI=1S/C14H18N2O4/c1-3-17-19-9-13-5-11-7-15-16-8-12(11)6-14(13)10-20-18-4-2/h5-8H,3-4,9-10H2,1-2H3. The normalized spacial score (nSPS) is 11.1. The number of nitrogens with zero attached hydrogens (tertiary/aromatic N) is 2. The fourth-order valence-electron chi connectivity index (χ4n) is 1.79. The molecule has 0 aliphatic heterocycles. The zero-order valence-corrected chi connectivity index (χ0v) is 11.7. The monoisotopic (exact) mass is 278 g/mol. The number of hydrogen-bond donors (Lipinski definition) is 0. The number of hydrogen-bond acceptors (Lipinski definition) is 6. The van der Waals surface area contributed by atoms with E-state index in [0.717, 1.165) is 21.9 Å². The van der Waals surface area contributed by atoms with E-state index in [1.807, 2.05) is 26.0 Å². The first-order valence-electron chi connectivity index (χ1n) is 6.56. The van der Waals surface area contributed by atoms with E-state index >= 15 is 0 Å². The van der Waals surface area contributed by atoms with E-state index in [2.05, 4.69) is 10.2 Å². The summed E-state index contributed by atoms with van der Waals surface area (Å²) in [6.45, 7) is 5.44. The fourth-order valence-corrected chi connectivity index (χ4v) is 1.79. The summed E-state index contributed by atoms with van der Waals surface area (Å²) in [6, 6.07) is 3.99. The van der Waals surface area contributed by atoms with Crippen molar-refractivity contribution in [3.05, 3.63) is 35.7 Å². The molecule has 0 atom stereocenters. The van der Waals surface area contributed by atoms with Crippen molar-refractivity contribution < 1.29 is 19.6 Å². The topological polar surface area (TPSA) is 62.7 Å². The van der Waals surface area contributed by atoms with Crippen LogP contribution in [0.4, 0.5) is 0 Å². The van der Waals surface area contributed by atoms with Crippen LogP contribution in [0, 0.1) is 0 Å². The molecular weight excluding hydrogens is 260 g/mol. The van der Waals surface area contributed by atoms with E-state index in [0.29, 0.717) is 26.4 Å². The molecule has 2 aromatic rings. The van der Waals surface area contributed by atoms with Crippen molar-refractivity contribution in [2.75, 3.05) is 13.2 Å². The van der Waals surface area contributed by atoms with Crippen molar-refractivity contribution in [3.63, 3.8) is 0 Å². The Morgan fingerprint density at radius 1 is 0.750 bits per heavy atom. The molecule has 20 heavy (non-hydrogen) atoms. The van der Waals surface area contributed by atoms with Gasteiger partial charge >= 0.3 is 0 Å². The Bertz CT molecular complexity index is 499. The molecule has 0 saturated heterocycles. The van der Waals surface area contributed by atoms with Crippen molar-refractivity contribution in [2.24, 2.45) is 0 Å². The molecule has 0 aliphatic carbocycles. The Morgan fingerprint density at radius 2 is 1.20 bits per heavy atom. The quantitative estimate of drug-likeness (QED) is 0.420. The highest BCUT2D eigenvalue weighted by Gasteiger charge is 2.07. The van der Waals surface area contributed by atoms with Gasteiger partial charge in [0.25, 0.3) is 0 Å². The zero-order valence-electron chi connectivity index (χ0n) is 11.7. The van der Waals surface area contributed by atoms with Crippen LogP contribution in [0.5, 0.6) is 0 Å². The molecule has 0 bridgehead atoms. The number of benzene rings is 1. The lowest BCUT2D eigenvalue weighted by Gasteiger charge is -2.11. The second kappa shape index (κ2) is 7.86. The molecular formula is C14H18N2O4. The summed E-state index contributed by atoms with van der Waals surface area (Å²) in [6.07, 6.45) is 3.43. The smallest absolute Gasteiger partial charge is 0.108 e. The number of aromatic nitrogens is 2. The Kier molecular flexibility index (Phi) is 5.82. The van der Waals surface area contributed by atoms with Crippen LogP contribution in [0.3, 0.4) is 0 Å². The van der Waals surface area contributed by atoms with E-state index in [4.69, 9.17) is 19.6 Å². The first kappa shape index (κ1) is 14.8. The summed E-state index contributed by atoms with van der Waals surface area (Å²) >= 11 is 0. The third-order valence-electron chi connectivity index (χ3n) is 2.70. The van der Waals surface area contributed by atoms with Crippen LogP contribution >= 0.6 is 0 Å². The summed E-state index contributed by atoms with van der Waals surface area (Å²) in [4.78, 5) is 20.1. The molecule has 0 N–H and O–H groups in total. The lowest BCUT2D eigenvalue weighted by molar-refractivity contribution is -0.305. The molecule has 1 aromatic carbocycles. The maximum absolute atomic E-state index is 5.13. The van der Waals surface area contributed by atoms with Gasteiger partial charge in [-0.25, -0.2) is 19.6 Å². The van der Waals surface area contributed by atoms with Crippen LogP contribution < -0.4 is 0 Å². The maximum Gasteiger partial charge on any atom is 0.108 e. The summed E-state index contributed by atoms with van der Waals surface area (Å²) in [5, 5.41) is 9.75. The van der Waals surface area contributed by atoms with Crippen molar-refractivity contribution in [2.45, 2.75) is 27.1 Å². The van der Waals surface area contributed by atoms with E-state index in [-0.39, 0.29) is 0 Å². The fraction of sp³-hybridized carbons (Fsp3) is 0.429. The third kappa shape index (κ3) is 3.94. The van der Waals surface area contributed by atoms with Crippen LogP contribution in [-0.2, 0) is 32.8 Å². The van der Waals surface area contributed by atoms with Gasteiger partial charge in [0.2, 0.25) is 0 Å². The molecule has 0 saturated carbocycles. The molecule has 0 fully saturated rings. The Labute approximate surface area is 117 Å². The van der Waals surface area contributed by atoms with Gasteiger partial charge in [-0.05, 0) is 37.1 Å². The summed E-state index contributed by atoms with van der Waals surface area (Å²) in [7, 11) is 0. The second-order valence-corrected chi connectivity index (χ2v) is 4.08. The SMILES string of the molecule is CCOOCc1cc2cnncc2cc1COOCC. The third-order valence-corrected chi connectivity index (χ3v) is 2.70. The lowest BCUT2D eigenvalue weighted by atomic mass is 10.0. The Balaban J connectivity index is 2.21. The Morgan fingerprint density at radius 3 is 1.60 bits per heavy atom. The minimum absolute atomic E-state index is 0.344. The second-order valence-electron chi connectivity index (χ2n) is 4.08. The molecule has 0 unspecified atom stereocenters. The maximum atomic E-state index is 5.13. The summed E-state index contributed by atoms with van der Waals surface area (Å²) in [5.41, 5.74) is 1.94. The van der Waals surface area contributed by atoms with Gasteiger partial charge in [0.1, 0.15) is 13.2 Å². The van der Waals surface area contributed by atoms with Gasteiger partial charge < -0.3 is 0 Å². The van der Waals surface area contributed by atoms with Gasteiger partial charge in [0.05, 0.1) is 25.6 Å². The van der Waals surface area contributed by atoms with Crippen molar-refractivity contribution >= 4 is 10.8 Å². The van der Waals surface area contributed by atoms with E-state index in [9.17, 15) is 0 Å². The molecule has 0 aliphatic rings. The molecule has 0 amide bonds. The average molecular weight is 278 g/mol. The first-order chi connectivity index (χ1) is 9.85.